The molecule has 0 aliphatic heterocycles. The molecule has 1 aromatic heterocycles. The lowest BCUT2D eigenvalue weighted by molar-refractivity contribution is 0.0993. The molecule has 1 aliphatic carbocycles. The summed E-state index contributed by atoms with van der Waals surface area (Å²) in [6, 6.07) is 25.5. The molecule has 0 fully saturated rings. The van der Waals surface area contributed by atoms with E-state index >= 15 is 0 Å². The molecular formula is C30H30N4O3S. The van der Waals surface area contributed by atoms with Crippen molar-refractivity contribution in [2.24, 2.45) is 0 Å². The van der Waals surface area contributed by atoms with Crippen LogP contribution in [0.3, 0.4) is 0 Å². The van der Waals surface area contributed by atoms with Gasteiger partial charge in [0, 0.05) is 30.7 Å². The van der Waals surface area contributed by atoms with Gasteiger partial charge in [0.15, 0.2) is 0 Å². The van der Waals surface area contributed by atoms with Crippen molar-refractivity contribution in [1.29, 1.82) is 0 Å². The second kappa shape index (κ2) is 10.8. The summed E-state index contributed by atoms with van der Waals surface area (Å²) >= 11 is 0. The summed E-state index contributed by atoms with van der Waals surface area (Å²) in [5, 5.41) is 3.28. The summed E-state index contributed by atoms with van der Waals surface area (Å²) in [7, 11) is -1.94. The maximum atomic E-state index is 13.3. The maximum absolute atomic E-state index is 13.3. The first-order valence-electron chi connectivity index (χ1n) is 12.6. The van der Waals surface area contributed by atoms with Crippen LogP contribution in [0.25, 0.3) is 0 Å². The summed E-state index contributed by atoms with van der Waals surface area (Å²) in [6.45, 7) is 2.04. The fourth-order valence-corrected chi connectivity index (χ4v) is 5.98. The van der Waals surface area contributed by atoms with Gasteiger partial charge in [0.1, 0.15) is 5.82 Å². The van der Waals surface area contributed by atoms with Gasteiger partial charge < -0.3 is 10.2 Å². The van der Waals surface area contributed by atoms with Crippen molar-refractivity contribution < 1.29 is 13.2 Å². The quantitative estimate of drug-likeness (QED) is 0.311. The third-order valence-electron chi connectivity index (χ3n) is 6.91. The Morgan fingerprint density at radius 2 is 1.76 bits per heavy atom. The van der Waals surface area contributed by atoms with Crippen LogP contribution in [0.4, 0.5) is 17.2 Å². The van der Waals surface area contributed by atoms with Gasteiger partial charge in [-0.1, -0.05) is 43.3 Å². The molecule has 4 aromatic rings. The number of benzene rings is 3. The van der Waals surface area contributed by atoms with Crippen LogP contribution < -0.4 is 14.9 Å². The third-order valence-corrected chi connectivity index (χ3v) is 8.40. The van der Waals surface area contributed by atoms with Crippen LogP contribution in [-0.4, -0.2) is 26.4 Å². The standard InChI is InChI=1S/C30H30N4O3S/c1-3-21-11-16-25(17-12-21)38(36,37)33-28-18-14-22-13-15-23(20-27(22)28)32-29-26(10-7-19-31-29)30(35)34(2)24-8-5-4-6-9-24/h4-13,15-17,19-20,28,33H,3,14,18H2,1-2H3,(H,31,32). The molecular weight excluding hydrogens is 496 g/mol. The number of hydrogen-bond acceptors (Lipinski definition) is 5. The van der Waals surface area contributed by atoms with E-state index in [1.165, 1.54) is 0 Å². The SMILES string of the molecule is CCc1ccc(S(=O)(=O)NC2CCc3ccc(Nc4ncccc4C(=O)N(C)c4ccccc4)cc32)cc1. The van der Waals surface area contributed by atoms with Crippen LogP contribution >= 0.6 is 0 Å². The monoisotopic (exact) mass is 526 g/mol. The maximum Gasteiger partial charge on any atom is 0.261 e. The van der Waals surface area contributed by atoms with Gasteiger partial charge in [-0.25, -0.2) is 18.1 Å². The Morgan fingerprint density at radius 3 is 2.50 bits per heavy atom. The summed E-state index contributed by atoms with van der Waals surface area (Å²) in [5.41, 5.74) is 5.07. The Balaban J connectivity index is 1.37. The number of nitrogens with zero attached hydrogens (tertiary/aromatic N) is 2. The Labute approximate surface area is 223 Å². The van der Waals surface area contributed by atoms with E-state index in [2.05, 4.69) is 15.0 Å². The molecule has 1 atom stereocenters. The third kappa shape index (κ3) is 5.32. The average Bonchev–Trinajstić information content (AvgIpc) is 3.34. The number of para-hydroxylation sites is 1. The van der Waals surface area contributed by atoms with E-state index in [1.807, 2.05) is 67.6 Å². The van der Waals surface area contributed by atoms with Crippen LogP contribution in [-0.2, 0) is 22.9 Å². The topological polar surface area (TPSA) is 91.4 Å². The van der Waals surface area contributed by atoms with Crippen molar-refractivity contribution in [2.45, 2.75) is 37.1 Å². The van der Waals surface area contributed by atoms with Crippen molar-refractivity contribution in [1.82, 2.24) is 9.71 Å². The number of nitrogens with one attached hydrogen (secondary N) is 2. The van der Waals surface area contributed by atoms with Crippen LogP contribution in [0, 0.1) is 0 Å². The number of aryl methyl sites for hydroxylation is 2. The van der Waals surface area contributed by atoms with Gasteiger partial charge in [-0.05, 0) is 84.5 Å². The highest BCUT2D eigenvalue weighted by molar-refractivity contribution is 7.89. The molecule has 7 nitrogen and oxygen atoms in total. The zero-order valence-corrected chi connectivity index (χ0v) is 22.2. The molecule has 0 radical (unpaired) electrons. The minimum absolute atomic E-state index is 0.187. The van der Waals surface area contributed by atoms with E-state index in [9.17, 15) is 13.2 Å². The van der Waals surface area contributed by atoms with Gasteiger partial charge in [-0.3, -0.25) is 4.79 Å². The number of pyridine rings is 1. The first-order valence-corrected chi connectivity index (χ1v) is 14.1. The minimum Gasteiger partial charge on any atom is -0.340 e. The lowest BCUT2D eigenvalue weighted by atomic mass is 10.1. The summed E-state index contributed by atoms with van der Waals surface area (Å²) in [6.07, 6.45) is 3.95. The highest BCUT2D eigenvalue weighted by atomic mass is 32.2. The number of fused-ring (bicyclic) bond motifs is 1. The van der Waals surface area contributed by atoms with E-state index in [-0.39, 0.29) is 16.8 Å². The first-order chi connectivity index (χ1) is 18.4. The summed E-state index contributed by atoms with van der Waals surface area (Å²) < 4.78 is 29.1. The van der Waals surface area contributed by atoms with Gasteiger partial charge in [-0.2, -0.15) is 0 Å². The predicted octanol–water partition coefficient (Wildman–Crippen LogP) is 5.63. The number of aromatic nitrogens is 1. The average molecular weight is 527 g/mol. The molecule has 0 saturated heterocycles. The Kier molecular flexibility index (Phi) is 7.26. The van der Waals surface area contributed by atoms with Gasteiger partial charge >= 0.3 is 0 Å². The van der Waals surface area contributed by atoms with E-state index in [4.69, 9.17) is 0 Å². The fourth-order valence-electron chi connectivity index (χ4n) is 4.73. The molecule has 3 aromatic carbocycles. The van der Waals surface area contributed by atoms with Gasteiger partial charge in [0.25, 0.3) is 5.91 Å². The molecule has 5 rings (SSSR count). The Hall–Kier alpha value is -4.01. The molecule has 0 bridgehead atoms. The van der Waals surface area contributed by atoms with Crippen molar-refractivity contribution in [3.05, 3.63) is 113 Å². The number of amides is 1. The summed E-state index contributed by atoms with van der Waals surface area (Å²) in [5.74, 6) is 0.249. The number of sulfonamides is 1. The number of anilines is 3. The second-order valence-corrected chi connectivity index (χ2v) is 11.1. The smallest absolute Gasteiger partial charge is 0.261 e. The van der Waals surface area contributed by atoms with Crippen molar-refractivity contribution in [3.63, 3.8) is 0 Å². The lowest BCUT2D eigenvalue weighted by Gasteiger charge is -2.19. The zero-order valence-electron chi connectivity index (χ0n) is 21.4. The molecule has 1 aliphatic rings. The molecule has 194 valence electrons. The Bertz CT molecular complexity index is 1550. The predicted molar refractivity (Wildman–Crippen MR) is 150 cm³/mol. The van der Waals surface area contributed by atoms with Gasteiger partial charge in [0.2, 0.25) is 10.0 Å². The molecule has 1 amide bonds. The summed E-state index contributed by atoms with van der Waals surface area (Å²) in [4.78, 5) is 19.6. The second-order valence-electron chi connectivity index (χ2n) is 9.35. The molecule has 1 heterocycles. The molecule has 0 saturated carbocycles. The zero-order chi connectivity index (χ0) is 26.7. The highest BCUT2D eigenvalue weighted by Crippen LogP contribution is 2.35. The van der Waals surface area contributed by atoms with Crippen LogP contribution in [0.15, 0.2) is 96.0 Å². The molecule has 8 heteroatoms. The van der Waals surface area contributed by atoms with E-state index < -0.39 is 10.0 Å². The van der Waals surface area contributed by atoms with Crippen LogP contribution in [0.5, 0.6) is 0 Å². The number of rotatable bonds is 8. The number of carbonyl (C=O) groups is 1. The molecule has 1 unspecified atom stereocenters. The van der Waals surface area contributed by atoms with Crippen LogP contribution in [0.2, 0.25) is 0 Å². The van der Waals surface area contributed by atoms with Gasteiger partial charge in [-0.15, -0.1) is 0 Å². The lowest BCUT2D eigenvalue weighted by Crippen LogP contribution is -2.27. The van der Waals surface area contributed by atoms with Crippen molar-refractivity contribution in [3.8, 4) is 0 Å². The van der Waals surface area contributed by atoms with Crippen molar-refractivity contribution in [2.75, 3.05) is 17.3 Å². The van der Waals surface area contributed by atoms with E-state index in [0.717, 1.165) is 40.9 Å². The molecule has 2 N–H and O–H groups in total. The Morgan fingerprint density at radius 1 is 1.00 bits per heavy atom. The number of hydrogen-bond donors (Lipinski definition) is 2. The normalized spacial score (nSPS) is 14.6. The first kappa shape index (κ1) is 25.6. The van der Waals surface area contributed by atoms with E-state index in [0.29, 0.717) is 17.8 Å². The fraction of sp³-hybridized carbons (Fsp3) is 0.200. The van der Waals surface area contributed by atoms with Gasteiger partial charge in [0.05, 0.1) is 10.5 Å². The van der Waals surface area contributed by atoms with Crippen LogP contribution in [0.1, 0.15) is 46.4 Å². The number of carbonyl (C=O) groups excluding carboxylic acids is 1. The van der Waals surface area contributed by atoms with Crippen molar-refractivity contribution >= 4 is 33.1 Å². The van der Waals surface area contributed by atoms with E-state index in [1.54, 1.807) is 42.4 Å². The highest BCUT2D eigenvalue weighted by Gasteiger charge is 2.28. The largest absolute Gasteiger partial charge is 0.340 e. The minimum atomic E-state index is -3.67. The molecule has 38 heavy (non-hydrogen) atoms. The molecule has 0 spiro atoms.